The van der Waals surface area contributed by atoms with E-state index in [1.54, 1.807) is 0 Å². The molecule has 1 aliphatic rings. The summed E-state index contributed by atoms with van der Waals surface area (Å²) in [5.41, 5.74) is 6.47. The molecule has 1 aliphatic heterocycles. The lowest BCUT2D eigenvalue weighted by atomic mass is 10.00. The fourth-order valence-corrected chi connectivity index (χ4v) is 4.69. The van der Waals surface area contributed by atoms with Crippen molar-refractivity contribution in [1.82, 2.24) is 15.5 Å². The van der Waals surface area contributed by atoms with Crippen LogP contribution in [0.4, 0.5) is 0 Å². The first-order valence-corrected chi connectivity index (χ1v) is 12.6. The number of nitrogens with zero attached hydrogens (tertiary/aromatic N) is 1. The number of carbonyl (C=O) groups is 3. The molecule has 0 unspecified atom stereocenters. The Morgan fingerprint density at radius 1 is 1.11 bits per heavy atom. The van der Waals surface area contributed by atoms with Crippen LogP contribution in [0.3, 0.4) is 0 Å². The first-order chi connectivity index (χ1) is 16.9. The third-order valence-corrected chi connectivity index (χ3v) is 6.77. The second kappa shape index (κ2) is 14.2. The number of halogens is 1. The van der Waals surface area contributed by atoms with Crippen molar-refractivity contribution in [2.75, 3.05) is 19.6 Å². The number of aliphatic hydroxyl groups is 1. The first-order valence-electron chi connectivity index (χ1n) is 12.6. The third kappa shape index (κ3) is 7.41. The number of amides is 3. The van der Waals surface area contributed by atoms with E-state index in [1.807, 2.05) is 56.3 Å². The number of aliphatic hydroxyl groups excluding tert-OH is 1. The van der Waals surface area contributed by atoms with Crippen LogP contribution in [-0.4, -0.2) is 65.5 Å². The highest BCUT2D eigenvalue weighted by atomic mass is 35.5. The summed E-state index contributed by atoms with van der Waals surface area (Å²) in [5, 5.41) is 18.1. The highest BCUT2D eigenvalue weighted by Gasteiger charge is 2.41. The van der Waals surface area contributed by atoms with E-state index in [-0.39, 0.29) is 43.1 Å². The molecule has 0 saturated carbocycles. The second-order valence-electron chi connectivity index (χ2n) is 9.29. The molecular formula is C27H39ClN4O4. The smallest absolute Gasteiger partial charge is 0.243 e. The van der Waals surface area contributed by atoms with Crippen LogP contribution in [0.1, 0.15) is 45.1 Å². The number of nitrogens with two attached hydrogens (primary N) is 1. The number of likely N-dealkylation sites (tertiary alicyclic amines) is 1. The van der Waals surface area contributed by atoms with Crippen molar-refractivity contribution in [3.63, 3.8) is 0 Å². The Bertz CT molecular complexity index is 1030. The normalized spacial score (nSPS) is 18.1. The van der Waals surface area contributed by atoms with Gasteiger partial charge in [0.25, 0.3) is 0 Å². The maximum absolute atomic E-state index is 13.3. The average molecular weight is 519 g/mol. The molecule has 0 aromatic heterocycles. The summed E-state index contributed by atoms with van der Waals surface area (Å²) in [6, 6.07) is 12.3. The highest BCUT2D eigenvalue weighted by Crippen LogP contribution is 2.24. The number of hydrogen-bond acceptors (Lipinski definition) is 5. The van der Waals surface area contributed by atoms with Crippen LogP contribution in [0.15, 0.2) is 42.5 Å². The molecule has 5 N–H and O–H groups in total. The van der Waals surface area contributed by atoms with Crippen LogP contribution in [0.2, 0.25) is 0 Å². The van der Waals surface area contributed by atoms with Crippen LogP contribution < -0.4 is 16.4 Å². The molecule has 2 aromatic rings. The van der Waals surface area contributed by atoms with E-state index in [9.17, 15) is 19.5 Å². The first kappa shape index (κ1) is 29.5. The van der Waals surface area contributed by atoms with E-state index in [4.69, 9.17) is 5.73 Å². The summed E-state index contributed by atoms with van der Waals surface area (Å²) < 4.78 is 0. The molecule has 1 heterocycles. The van der Waals surface area contributed by atoms with Gasteiger partial charge < -0.3 is 26.4 Å². The Balaban J connectivity index is 0.00000456. The zero-order chi connectivity index (χ0) is 25.4. The van der Waals surface area contributed by atoms with Crippen LogP contribution >= 0.6 is 12.4 Å². The van der Waals surface area contributed by atoms with Gasteiger partial charge in [-0.3, -0.25) is 14.4 Å². The van der Waals surface area contributed by atoms with E-state index in [2.05, 4.69) is 10.6 Å². The predicted octanol–water partition coefficient (Wildman–Crippen LogP) is 2.15. The molecule has 3 rings (SSSR count). The highest BCUT2D eigenvalue weighted by molar-refractivity contribution is 5.93. The van der Waals surface area contributed by atoms with E-state index in [1.165, 1.54) is 4.90 Å². The minimum Gasteiger partial charge on any atom is -0.391 e. The van der Waals surface area contributed by atoms with Crippen molar-refractivity contribution in [1.29, 1.82) is 0 Å². The van der Waals surface area contributed by atoms with Crippen LogP contribution in [0, 0.1) is 5.92 Å². The van der Waals surface area contributed by atoms with Gasteiger partial charge in [-0.05, 0) is 42.1 Å². The van der Waals surface area contributed by atoms with E-state index >= 15 is 0 Å². The van der Waals surface area contributed by atoms with Gasteiger partial charge in [-0.1, -0.05) is 56.3 Å². The van der Waals surface area contributed by atoms with E-state index in [0.29, 0.717) is 38.8 Å². The summed E-state index contributed by atoms with van der Waals surface area (Å²) in [7, 11) is 0. The number of hydrogen-bond donors (Lipinski definition) is 4. The molecule has 0 aliphatic carbocycles. The van der Waals surface area contributed by atoms with Crippen molar-refractivity contribution < 1.29 is 19.5 Å². The summed E-state index contributed by atoms with van der Waals surface area (Å²) in [4.78, 5) is 40.9. The molecular weight excluding hydrogens is 480 g/mol. The largest absolute Gasteiger partial charge is 0.391 e. The number of rotatable bonds is 11. The molecule has 2 aromatic carbocycles. The van der Waals surface area contributed by atoms with Gasteiger partial charge in [-0.25, -0.2) is 0 Å². The SMILES string of the molecule is CCC(CC)C(=O)N1C[C@H](O)C[C@H]1C(=O)N[C@H](Cc1ccc2ccccc2c1)C(=O)NCCCN.Cl. The Hall–Kier alpha value is -2.68. The van der Waals surface area contributed by atoms with Gasteiger partial charge >= 0.3 is 0 Å². The van der Waals surface area contributed by atoms with Crippen molar-refractivity contribution in [3.8, 4) is 0 Å². The maximum Gasteiger partial charge on any atom is 0.243 e. The van der Waals surface area contributed by atoms with Crippen LogP contribution in [-0.2, 0) is 20.8 Å². The summed E-state index contributed by atoms with van der Waals surface area (Å²) in [5.74, 6) is -1.02. The molecule has 3 atom stereocenters. The van der Waals surface area contributed by atoms with Gasteiger partial charge in [0.15, 0.2) is 0 Å². The maximum atomic E-state index is 13.3. The zero-order valence-electron chi connectivity index (χ0n) is 21.1. The number of β-amino-alcohol motifs (C(OH)–C–C–N with tert-alkyl or cyclic N) is 1. The monoisotopic (exact) mass is 518 g/mol. The standard InChI is InChI=1S/C27H38N4O4.ClH/c1-3-19(4-2)27(35)31-17-22(32)16-24(31)26(34)30-23(25(33)29-13-7-12-28)15-18-10-11-20-8-5-6-9-21(20)14-18;/h5-6,8-11,14,19,22-24,32H,3-4,7,12-13,15-17,28H2,1-2H3,(H,29,33)(H,30,34);1H/t22-,23-,24+;/m1./s1. The zero-order valence-corrected chi connectivity index (χ0v) is 21.9. The van der Waals surface area contributed by atoms with Gasteiger partial charge in [-0.2, -0.15) is 0 Å². The summed E-state index contributed by atoms with van der Waals surface area (Å²) in [6.07, 6.45) is 1.68. The molecule has 1 fully saturated rings. The van der Waals surface area contributed by atoms with Crippen molar-refractivity contribution in [2.45, 2.75) is 64.1 Å². The minimum atomic E-state index is -0.815. The second-order valence-corrected chi connectivity index (χ2v) is 9.29. The summed E-state index contributed by atoms with van der Waals surface area (Å²) in [6.45, 7) is 4.89. The Morgan fingerprint density at radius 2 is 1.81 bits per heavy atom. The topological polar surface area (TPSA) is 125 Å². The fraction of sp³-hybridized carbons (Fsp3) is 0.519. The molecule has 0 bridgehead atoms. The van der Waals surface area contributed by atoms with Crippen molar-refractivity contribution >= 4 is 40.9 Å². The molecule has 3 amide bonds. The van der Waals surface area contributed by atoms with Crippen LogP contribution in [0.5, 0.6) is 0 Å². The van der Waals surface area contributed by atoms with E-state index in [0.717, 1.165) is 16.3 Å². The number of fused-ring (bicyclic) bond motifs is 1. The lowest BCUT2D eigenvalue weighted by molar-refractivity contribution is -0.142. The molecule has 0 spiro atoms. The van der Waals surface area contributed by atoms with Gasteiger partial charge in [0.2, 0.25) is 17.7 Å². The van der Waals surface area contributed by atoms with Crippen molar-refractivity contribution in [2.24, 2.45) is 11.7 Å². The average Bonchev–Trinajstić information content (AvgIpc) is 3.26. The number of carbonyl (C=O) groups excluding carboxylic acids is 3. The minimum absolute atomic E-state index is 0. The number of benzene rings is 2. The Morgan fingerprint density at radius 3 is 2.47 bits per heavy atom. The molecule has 1 saturated heterocycles. The molecule has 9 heteroatoms. The predicted molar refractivity (Wildman–Crippen MR) is 144 cm³/mol. The molecule has 8 nitrogen and oxygen atoms in total. The van der Waals surface area contributed by atoms with E-state index < -0.39 is 24.1 Å². The number of nitrogens with one attached hydrogen (secondary N) is 2. The lowest BCUT2D eigenvalue weighted by Crippen LogP contribution is -2.54. The lowest BCUT2D eigenvalue weighted by Gasteiger charge is -2.28. The van der Waals surface area contributed by atoms with Crippen LogP contribution in [0.25, 0.3) is 10.8 Å². The Labute approximate surface area is 219 Å². The quantitative estimate of drug-likeness (QED) is 0.339. The molecule has 0 radical (unpaired) electrons. The molecule has 198 valence electrons. The van der Waals surface area contributed by atoms with Gasteiger partial charge in [0.05, 0.1) is 6.10 Å². The fourth-order valence-electron chi connectivity index (χ4n) is 4.69. The van der Waals surface area contributed by atoms with Gasteiger partial charge in [0, 0.05) is 31.8 Å². The van der Waals surface area contributed by atoms with Crippen molar-refractivity contribution in [3.05, 3.63) is 48.0 Å². The Kier molecular flexibility index (Phi) is 11.6. The van der Waals surface area contributed by atoms with Gasteiger partial charge in [-0.15, -0.1) is 12.4 Å². The summed E-state index contributed by atoms with van der Waals surface area (Å²) >= 11 is 0. The van der Waals surface area contributed by atoms with Gasteiger partial charge in [0.1, 0.15) is 12.1 Å². The molecule has 36 heavy (non-hydrogen) atoms. The third-order valence-electron chi connectivity index (χ3n) is 6.77.